The summed E-state index contributed by atoms with van der Waals surface area (Å²) in [5.74, 6) is 0.620. The summed E-state index contributed by atoms with van der Waals surface area (Å²) in [5, 5.41) is 9.47. The Kier molecular flexibility index (Phi) is 3.69. The number of para-hydroxylation sites is 1. The molecule has 24 heavy (non-hydrogen) atoms. The van der Waals surface area contributed by atoms with Crippen LogP contribution in [0.15, 0.2) is 78.3 Å². The maximum Gasteiger partial charge on any atom is 0.168 e. The van der Waals surface area contributed by atoms with Gasteiger partial charge in [0, 0.05) is 0 Å². The SMILES string of the molecule is C(=N\Nc1ncnc2c1cnn2-c1ccccc1)/c1ccccc1. The molecule has 0 bridgehead atoms. The molecular weight excluding hydrogens is 300 g/mol. The fraction of sp³-hybridized carbons (Fsp3) is 0. The van der Waals surface area contributed by atoms with Gasteiger partial charge in [0.2, 0.25) is 0 Å². The fourth-order valence-electron chi connectivity index (χ4n) is 2.40. The van der Waals surface area contributed by atoms with Gasteiger partial charge in [-0.25, -0.2) is 14.6 Å². The van der Waals surface area contributed by atoms with Crippen LogP contribution in [0.2, 0.25) is 0 Å². The van der Waals surface area contributed by atoms with Gasteiger partial charge in [-0.15, -0.1) is 0 Å². The van der Waals surface area contributed by atoms with Crippen LogP contribution in [0.3, 0.4) is 0 Å². The molecule has 0 fully saturated rings. The van der Waals surface area contributed by atoms with Crippen molar-refractivity contribution in [2.45, 2.75) is 0 Å². The predicted octanol–water partition coefficient (Wildman–Crippen LogP) is 3.26. The third kappa shape index (κ3) is 2.72. The largest absolute Gasteiger partial charge is 0.261 e. The standard InChI is InChI=1S/C18H14N6/c1-3-7-14(8-4-1)11-21-23-17-16-12-22-24(18(16)20-13-19-17)15-9-5-2-6-10-15/h1-13H,(H,19,20,23)/b21-11+. The van der Waals surface area contributed by atoms with E-state index >= 15 is 0 Å². The van der Waals surface area contributed by atoms with E-state index in [0.29, 0.717) is 5.82 Å². The van der Waals surface area contributed by atoms with Crippen molar-refractivity contribution in [3.63, 3.8) is 0 Å². The molecule has 4 aromatic rings. The Balaban J connectivity index is 1.65. The molecule has 6 heteroatoms. The average Bonchev–Trinajstić information content (AvgIpc) is 3.08. The van der Waals surface area contributed by atoms with E-state index < -0.39 is 0 Å². The molecular formula is C18H14N6. The number of nitrogens with one attached hydrogen (secondary N) is 1. The summed E-state index contributed by atoms with van der Waals surface area (Å²) in [6.07, 6.45) is 4.99. The molecule has 0 spiro atoms. The van der Waals surface area contributed by atoms with Crippen molar-refractivity contribution >= 4 is 23.1 Å². The molecule has 6 nitrogen and oxygen atoms in total. The van der Waals surface area contributed by atoms with E-state index in [4.69, 9.17) is 0 Å². The van der Waals surface area contributed by atoms with Crippen LogP contribution in [0, 0.1) is 0 Å². The molecule has 0 unspecified atom stereocenters. The van der Waals surface area contributed by atoms with Gasteiger partial charge in [-0.05, 0) is 17.7 Å². The van der Waals surface area contributed by atoms with Gasteiger partial charge in [0.15, 0.2) is 11.5 Å². The average molecular weight is 314 g/mol. The van der Waals surface area contributed by atoms with E-state index in [-0.39, 0.29) is 0 Å². The monoisotopic (exact) mass is 314 g/mol. The van der Waals surface area contributed by atoms with E-state index in [2.05, 4.69) is 25.6 Å². The number of fused-ring (bicyclic) bond motifs is 1. The zero-order valence-corrected chi connectivity index (χ0v) is 12.7. The molecule has 0 aliphatic rings. The van der Waals surface area contributed by atoms with Crippen molar-refractivity contribution in [2.75, 3.05) is 5.43 Å². The van der Waals surface area contributed by atoms with Crippen LogP contribution in [-0.4, -0.2) is 26.0 Å². The first kappa shape index (κ1) is 14.1. The highest BCUT2D eigenvalue weighted by Crippen LogP contribution is 2.21. The highest BCUT2D eigenvalue weighted by molar-refractivity contribution is 5.88. The molecule has 1 N–H and O–H groups in total. The number of hydrogen-bond acceptors (Lipinski definition) is 5. The Labute approximate surface area is 138 Å². The first-order valence-corrected chi connectivity index (χ1v) is 7.50. The van der Waals surface area contributed by atoms with Crippen molar-refractivity contribution < 1.29 is 0 Å². The number of hydrogen-bond donors (Lipinski definition) is 1. The maximum absolute atomic E-state index is 4.41. The van der Waals surface area contributed by atoms with Crippen molar-refractivity contribution in [2.24, 2.45) is 5.10 Å². The smallest absolute Gasteiger partial charge is 0.168 e. The lowest BCUT2D eigenvalue weighted by molar-refractivity contribution is 0.895. The van der Waals surface area contributed by atoms with Gasteiger partial charge >= 0.3 is 0 Å². The van der Waals surface area contributed by atoms with E-state index in [0.717, 1.165) is 22.3 Å². The predicted molar refractivity (Wildman–Crippen MR) is 94.3 cm³/mol. The highest BCUT2D eigenvalue weighted by Gasteiger charge is 2.10. The third-order valence-corrected chi connectivity index (χ3v) is 3.55. The van der Waals surface area contributed by atoms with E-state index in [1.165, 1.54) is 6.33 Å². The van der Waals surface area contributed by atoms with Crippen LogP contribution in [0.1, 0.15) is 5.56 Å². The van der Waals surface area contributed by atoms with Gasteiger partial charge in [0.05, 0.1) is 23.5 Å². The number of benzene rings is 2. The summed E-state index contributed by atoms with van der Waals surface area (Å²) in [5.41, 5.74) is 5.65. The Morgan fingerprint density at radius 3 is 2.46 bits per heavy atom. The van der Waals surface area contributed by atoms with Crippen LogP contribution >= 0.6 is 0 Å². The Morgan fingerprint density at radius 1 is 0.917 bits per heavy atom. The van der Waals surface area contributed by atoms with Crippen molar-refractivity contribution in [1.82, 2.24) is 19.7 Å². The van der Waals surface area contributed by atoms with Gasteiger partial charge in [-0.1, -0.05) is 48.5 Å². The van der Waals surface area contributed by atoms with Gasteiger partial charge < -0.3 is 0 Å². The second kappa shape index (κ2) is 6.29. The summed E-state index contributed by atoms with van der Waals surface area (Å²) in [4.78, 5) is 8.60. The summed E-state index contributed by atoms with van der Waals surface area (Å²) in [7, 11) is 0. The number of nitrogens with zero attached hydrogens (tertiary/aromatic N) is 5. The molecule has 0 aliphatic carbocycles. The number of rotatable bonds is 4. The number of hydrazone groups is 1. The van der Waals surface area contributed by atoms with Gasteiger partial charge in [0.1, 0.15) is 6.33 Å². The van der Waals surface area contributed by atoms with Crippen LogP contribution in [0.5, 0.6) is 0 Å². The zero-order chi connectivity index (χ0) is 16.2. The Hall–Kier alpha value is -3.54. The molecule has 116 valence electrons. The molecule has 0 atom stereocenters. The second-order valence-electron chi connectivity index (χ2n) is 5.13. The molecule has 0 aliphatic heterocycles. The lowest BCUT2D eigenvalue weighted by Crippen LogP contribution is -1.99. The maximum atomic E-state index is 4.41. The Morgan fingerprint density at radius 2 is 1.67 bits per heavy atom. The topological polar surface area (TPSA) is 68.0 Å². The summed E-state index contributed by atoms with van der Waals surface area (Å²) < 4.78 is 1.78. The molecule has 2 aromatic heterocycles. The minimum atomic E-state index is 0.620. The molecule has 0 saturated heterocycles. The Bertz CT molecular complexity index is 976. The number of aromatic nitrogens is 4. The second-order valence-corrected chi connectivity index (χ2v) is 5.13. The van der Waals surface area contributed by atoms with Gasteiger partial charge in [0.25, 0.3) is 0 Å². The zero-order valence-electron chi connectivity index (χ0n) is 12.7. The van der Waals surface area contributed by atoms with Crippen LogP contribution < -0.4 is 5.43 Å². The summed E-state index contributed by atoms with van der Waals surface area (Å²) >= 11 is 0. The molecule has 0 radical (unpaired) electrons. The lowest BCUT2D eigenvalue weighted by Gasteiger charge is -2.03. The molecule has 0 amide bonds. The quantitative estimate of drug-likeness (QED) is 0.464. The van der Waals surface area contributed by atoms with E-state index in [9.17, 15) is 0 Å². The minimum absolute atomic E-state index is 0.620. The van der Waals surface area contributed by atoms with E-state index in [1.807, 2.05) is 60.7 Å². The third-order valence-electron chi connectivity index (χ3n) is 3.55. The van der Waals surface area contributed by atoms with Crippen LogP contribution in [0.4, 0.5) is 5.82 Å². The molecule has 4 rings (SSSR count). The first-order chi connectivity index (χ1) is 11.9. The normalized spacial score (nSPS) is 11.2. The minimum Gasteiger partial charge on any atom is -0.261 e. The molecule has 0 saturated carbocycles. The molecule has 2 aromatic carbocycles. The lowest BCUT2D eigenvalue weighted by atomic mass is 10.2. The first-order valence-electron chi connectivity index (χ1n) is 7.50. The highest BCUT2D eigenvalue weighted by atomic mass is 15.3. The number of anilines is 1. The van der Waals surface area contributed by atoms with Crippen molar-refractivity contribution in [1.29, 1.82) is 0 Å². The van der Waals surface area contributed by atoms with Gasteiger partial charge in [-0.2, -0.15) is 10.2 Å². The van der Waals surface area contributed by atoms with Crippen molar-refractivity contribution in [3.8, 4) is 5.69 Å². The van der Waals surface area contributed by atoms with Crippen molar-refractivity contribution in [3.05, 3.63) is 78.8 Å². The molecule has 2 heterocycles. The van der Waals surface area contributed by atoms with E-state index in [1.54, 1.807) is 17.1 Å². The van der Waals surface area contributed by atoms with Crippen LogP contribution in [-0.2, 0) is 0 Å². The fourth-order valence-corrected chi connectivity index (χ4v) is 2.40. The van der Waals surface area contributed by atoms with Gasteiger partial charge in [-0.3, -0.25) is 5.43 Å². The summed E-state index contributed by atoms with van der Waals surface area (Å²) in [6.45, 7) is 0. The summed E-state index contributed by atoms with van der Waals surface area (Å²) in [6, 6.07) is 19.7. The van der Waals surface area contributed by atoms with Crippen LogP contribution in [0.25, 0.3) is 16.7 Å².